The lowest BCUT2D eigenvalue weighted by molar-refractivity contribution is 0.707. The van der Waals surface area contributed by atoms with Gasteiger partial charge in [-0.25, -0.2) is 4.98 Å². The molecule has 2 rings (SSSR count). The Balaban J connectivity index is 2.66. The van der Waals surface area contributed by atoms with Crippen LogP contribution in [0.4, 0.5) is 5.95 Å². The highest BCUT2D eigenvalue weighted by atomic mass is 35.5. The predicted molar refractivity (Wildman–Crippen MR) is 59.4 cm³/mol. The molecular formula is C10H12ClN3. The van der Waals surface area contributed by atoms with E-state index in [1.807, 2.05) is 22.8 Å². The quantitative estimate of drug-likeness (QED) is 0.827. The average molecular weight is 210 g/mol. The van der Waals surface area contributed by atoms with E-state index in [0.29, 0.717) is 5.95 Å². The molecule has 0 aliphatic carbocycles. The van der Waals surface area contributed by atoms with Crippen molar-refractivity contribution in [2.45, 2.75) is 19.9 Å². The molecule has 3 nitrogen and oxygen atoms in total. The lowest BCUT2D eigenvalue weighted by atomic mass is 10.3. The van der Waals surface area contributed by atoms with Crippen LogP contribution in [0.15, 0.2) is 18.2 Å². The lowest BCUT2D eigenvalue weighted by Crippen LogP contribution is -2.02. The summed E-state index contributed by atoms with van der Waals surface area (Å²) in [6.07, 6.45) is 1.03. The van der Waals surface area contributed by atoms with Crippen molar-refractivity contribution in [2.24, 2.45) is 0 Å². The molecule has 0 spiro atoms. The lowest BCUT2D eigenvalue weighted by Gasteiger charge is -2.03. The number of benzene rings is 1. The molecule has 2 N–H and O–H groups in total. The van der Waals surface area contributed by atoms with Gasteiger partial charge >= 0.3 is 0 Å². The van der Waals surface area contributed by atoms with Crippen LogP contribution in [0.2, 0.25) is 5.02 Å². The second-order valence-electron chi connectivity index (χ2n) is 3.25. The van der Waals surface area contributed by atoms with Gasteiger partial charge in [-0.15, -0.1) is 0 Å². The molecule has 0 unspecified atom stereocenters. The third-order valence-electron chi connectivity index (χ3n) is 2.19. The van der Waals surface area contributed by atoms with Gasteiger partial charge in [0.1, 0.15) is 0 Å². The summed E-state index contributed by atoms with van der Waals surface area (Å²) in [4.78, 5) is 4.25. The Hall–Kier alpha value is -1.22. The fourth-order valence-electron chi connectivity index (χ4n) is 1.57. The van der Waals surface area contributed by atoms with Gasteiger partial charge in [0, 0.05) is 11.6 Å². The second kappa shape index (κ2) is 3.50. The van der Waals surface area contributed by atoms with Crippen molar-refractivity contribution in [2.75, 3.05) is 5.73 Å². The molecule has 0 aliphatic rings. The molecule has 0 aliphatic heterocycles. The van der Waals surface area contributed by atoms with E-state index in [9.17, 15) is 0 Å². The number of hydrogen-bond acceptors (Lipinski definition) is 2. The van der Waals surface area contributed by atoms with Gasteiger partial charge in [-0.3, -0.25) is 0 Å². The molecule has 1 aromatic heterocycles. The highest BCUT2D eigenvalue weighted by Gasteiger charge is 2.06. The Morgan fingerprint density at radius 2 is 2.29 bits per heavy atom. The maximum atomic E-state index is 5.92. The fraction of sp³-hybridized carbons (Fsp3) is 0.300. The number of nitrogens with zero attached hydrogens (tertiary/aromatic N) is 2. The van der Waals surface area contributed by atoms with Crippen molar-refractivity contribution in [1.82, 2.24) is 9.55 Å². The van der Waals surface area contributed by atoms with Crippen LogP contribution in [0.25, 0.3) is 11.0 Å². The Morgan fingerprint density at radius 3 is 3.00 bits per heavy atom. The normalized spacial score (nSPS) is 11.0. The Kier molecular flexibility index (Phi) is 2.33. The minimum atomic E-state index is 0.559. The van der Waals surface area contributed by atoms with Crippen LogP contribution < -0.4 is 5.73 Å². The Morgan fingerprint density at radius 1 is 1.50 bits per heavy atom. The Bertz CT molecular complexity index is 462. The molecule has 0 atom stereocenters. The molecule has 4 heteroatoms. The predicted octanol–water partition coefficient (Wildman–Crippen LogP) is 2.68. The molecular weight excluding hydrogens is 198 g/mol. The molecule has 14 heavy (non-hydrogen) atoms. The largest absolute Gasteiger partial charge is 0.369 e. The highest BCUT2D eigenvalue weighted by Crippen LogP contribution is 2.21. The number of halogens is 1. The van der Waals surface area contributed by atoms with E-state index in [2.05, 4.69) is 11.9 Å². The molecule has 74 valence electrons. The minimum Gasteiger partial charge on any atom is -0.369 e. The van der Waals surface area contributed by atoms with Crippen LogP contribution in [0.5, 0.6) is 0 Å². The smallest absolute Gasteiger partial charge is 0.201 e. The summed E-state index contributed by atoms with van der Waals surface area (Å²) in [6, 6.07) is 5.61. The first kappa shape index (κ1) is 9.34. The van der Waals surface area contributed by atoms with Crippen LogP contribution in [0.1, 0.15) is 13.3 Å². The third-order valence-corrected chi connectivity index (χ3v) is 2.42. The zero-order valence-electron chi connectivity index (χ0n) is 8.00. The third kappa shape index (κ3) is 1.44. The summed E-state index contributed by atoms with van der Waals surface area (Å²) in [7, 11) is 0. The highest BCUT2D eigenvalue weighted by molar-refractivity contribution is 6.31. The topological polar surface area (TPSA) is 43.8 Å². The van der Waals surface area contributed by atoms with Gasteiger partial charge in [0.2, 0.25) is 5.95 Å². The number of aryl methyl sites for hydroxylation is 1. The zero-order chi connectivity index (χ0) is 10.1. The van der Waals surface area contributed by atoms with E-state index in [1.165, 1.54) is 0 Å². The fourth-order valence-corrected chi connectivity index (χ4v) is 1.74. The van der Waals surface area contributed by atoms with Crippen molar-refractivity contribution in [3.63, 3.8) is 0 Å². The van der Waals surface area contributed by atoms with Crippen LogP contribution in [-0.2, 0) is 6.54 Å². The maximum Gasteiger partial charge on any atom is 0.201 e. The zero-order valence-corrected chi connectivity index (χ0v) is 8.75. The molecule has 2 aromatic rings. The summed E-state index contributed by atoms with van der Waals surface area (Å²) in [5.41, 5.74) is 7.71. The number of nitrogens with two attached hydrogens (primary N) is 1. The molecule has 0 bridgehead atoms. The molecule has 1 heterocycles. The van der Waals surface area contributed by atoms with Gasteiger partial charge in [-0.1, -0.05) is 18.5 Å². The number of imidazole rings is 1. The minimum absolute atomic E-state index is 0.559. The monoisotopic (exact) mass is 209 g/mol. The number of anilines is 1. The van der Waals surface area contributed by atoms with Gasteiger partial charge in [0.05, 0.1) is 11.0 Å². The van der Waals surface area contributed by atoms with Crippen LogP contribution in [0.3, 0.4) is 0 Å². The first-order valence-corrected chi connectivity index (χ1v) is 5.01. The van der Waals surface area contributed by atoms with Crippen LogP contribution >= 0.6 is 11.6 Å². The molecule has 0 saturated heterocycles. The van der Waals surface area contributed by atoms with Gasteiger partial charge in [-0.05, 0) is 24.6 Å². The van der Waals surface area contributed by atoms with E-state index < -0.39 is 0 Å². The van der Waals surface area contributed by atoms with E-state index >= 15 is 0 Å². The van der Waals surface area contributed by atoms with Crippen molar-refractivity contribution < 1.29 is 0 Å². The Labute approximate surface area is 87.5 Å². The van der Waals surface area contributed by atoms with Gasteiger partial charge in [-0.2, -0.15) is 0 Å². The first-order chi connectivity index (χ1) is 6.72. The molecule has 0 saturated carbocycles. The van der Waals surface area contributed by atoms with E-state index in [1.54, 1.807) is 0 Å². The average Bonchev–Trinajstić information content (AvgIpc) is 2.45. The molecule has 1 aromatic carbocycles. The SMILES string of the molecule is CCCn1c(N)nc2ccc(Cl)cc21. The van der Waals surface area contributed by atoms with Gasteiger partial charge in [0.15, 0.2) is 0 Å². The van der Waals surface area contributed by atoms with Crippen molar-refractivity contribution >= 4 is 28.6 Å². The first-order valence-electron chi connectivity index (χ1n) is 4.63. The molecule has 0 amide bonds. The second-order valence-corrected chi connectivity index (χ2v) is 3.69. The number of nitrogen functional groups attached to an aromatic ring is 1. The number of hydrogen-bond donors (Lipinski definition) is 1. The summed E-state index contributed by atoms with van der Waals surface area (Å²) in [5, 5.41) is 0.717. The number of rotatable bonds is 2. The molecule has 0 fully saturated rings. The standard InChI is InChI=1S/C10H12ClN3/c1-2-5-14-9-6-7(11)3-4-8(9)13-10(14)12/h3-4,6H,2,5H2,1H3,(H2,12,13). The van der Waals surface area contributed by atoms with E-state index in [4.69, 9.17) is 17.3 Å². The maximum absolute atomic E-state index is 5.92. The van der Waals surface area contributed by atoms with E-state index in [0.717, 1.165) is 29.0 Å². The van der Waals surface area contributed by atoms with Crippen molar-refractivity contribution in [3.8, 4) is 0 Å². The van der Waals surface area contributed by atoms with E-state index in [-0.39, 0.29) is 0 Å². The van der Waals surface area contributed by atoms with Crippen LogP contribution in [0, 0.1) is 0 Å². The van der Waals surface area contributed by atoms with Gasteiger partial charge < -0.3 is 10.3 Å². The summed E-state index contributed by atoms with van der Waals surface area (Å²) < 4.78 is 1.99. The van der Waals surface area contributed by atoms with Crippen LogP contribution in [-0.4, -0.2) is 9.55 Å². The van der Waals surface area contributed by atoms with Crippen molar-refractivity contribution in [1.29, 1.82) is 0 Å². The summed E-state index contributed by atoms with van der Waals surface area (Å²) in [5.74, 6) is 0.559. The summed E-state index contributed by atoms with van der Waals surface area (Å²) in [6.45, 7) is 2.98. The van der Waals surface area contributed by atoms with Crippen molar-refractivity contribution in [3.05, 3.63) is 23.2 Å². The number of aromatic nitrogens is 2. The number of fused-ring (bicyclic) bond motifs is 1. The molecule has 0 radical (unpaired) electrons. The van der Waals surface area contributed by atoms with Gasteiger partial charge in [0.25, 0.3) is 0 Å². The summed E-state index contributed by atoms with van der Waals surface area (Å²) >= 11 is 5.92.